The molecule has 1 aromatic rings. The molecule has 0 heterocycles. The maximum atomic E-state index is 12.5. The van der Waals surface area contributed by atoms with Gasteiger partial charge in [-0.15, -0.1) is 0 Å². The number of hydrogen-bond donors (Lipinski definition) is 4. The number of aliphatic hydroxyl groups is 1. The molecule has 0 saturated carbocycles. The maximum Gasteiger partial charge on any atom is 0.275 e. The molecule has 2 unspecified atom stereocenters. The number of aliphatic hydroxyl groups excluding tert-OH is 1. The number of carbonyl (C=O) groups excluding carboxylic acids is 3. The lowest BCUT2D eigenvalue weighted by molar-refractivity contribution is -0.140. The largest absolute Gasteiger partial charge is 0.395 e. The molecule has 0 spiro atoms. The minimum atomic E-state index is -1.52. The first-order valence-electron chi connectivity index (χ1n) is 8.00. The monoisotopic (exact) mass is 371 g/mol. The van der Waals surface area contributed by atoms with Crippen LogP contribution in [0, 0.1) is 29.6 Å². The Kier molecular flexibility index (Phi) is 8.54. The van der Waals surface area contributed by atoms with Gasteiger partial charge in [0, 0.05) is 31.1 Å². The minimum Gasteiger partial charge on any atom is -0.395 e. The molecular weight excluding hydrogens is 350 g/mol. The highest BCUT2D eigenvalue weighted by molar-refractivity contribution is 6.08. The van der Waals surface area contributed by atoms with Crippen LogP contribution < -0.4 is 10.8 Å². The Morgan fingerprint density at radius 2 is 1.78 bits per heavy atom. The molecule has 4 N–H and O–H groups in total. The first-order valence-corrected chi connectivity index (χ1v) is 8.00. The van der Waals surface area contributed by atoms with Crippen LogP contribution in [0.4, 0.5) is 0 Å². The zero-order valence-electron chi connectivity index (χ0n) is 15.2. The Hall–Kier alpha value is -3.33. The van der Waals surface area contributed by atoms with Crippen molar-refractivity contribution in [2.24, 2.45) is 5.92 Å². The van der Waals surface area contributed by atoms with E-state index in [2.05, 4.69) is 29.0 Å². The van der Waals surface area contributed by atoms with Gasteiger partial charge < -0.3 is 15.3 Å². The van der Waals surface area contributed by atoms with Crippen LogP contribution in [-0.4, -0.2) is 59.7 Å². The number of nitrogens with one attached hydrogen (secondary N) is 2. The predicted molar refractivity (Wildman–Crippen MR) is 97.2 cm³/mol. The lowest BCUT2D eigenvalue weighted by Crippen LogP contribution is -2.54. The summed E-state index contributed by atoms with van der Waals surface area (Å²) < 4.78 is 0. The molecular formula is C19H21N3O5. The quantitative estimate of drug-likeness (QED) is 0.238. The van der Waals surface area contributed by atoms with Gasteiger partial charge in [-0.1, -0.05) is 11.8 Å². The van der Waals surface area contributed by atoms with Crippen LogP contribution in [0.3, 0.4) is 0 Å². The first kappa shape index (κ1) is 21.7. The molecule has 0 saturated heterocycles. The van der Waals surface area contributed by atoms with Crippen molar-refractivity contribution < 1.29 is 24.7 Å². The molecule has 3 amide bonds. The highest BCUT2D eigenvalue weighted by atomic mass is 16.5. The molecule has 0 radical (unpaired) electrons. The number of benzene rings is 1. The van der Waals surface area contributed by atoms with Crippen molar-refractivity contribution in [2.45, 2.75) is 13.0 Å². The lowest BCUT2D eigenvalue weighted by Gasteiger charge is -2.25. The summed E-state index contributed by atoms with van der Waals surface area (Å²) in [6.07, 6.45) is 0. The van der Waals surface area contributed by atoms with Crippen LogP contribution in [0.25, 0.3) is 0 Å². The van der Waals surface area contributed by atoms with Gasteiger partial charge in [0.05, 0.1) is 6.61 Å². The second-order valence-electron chi connectivity index (χ2n) is 5.59. The molecule has 1 aromatic carbocycles. The van der Waals surface area contributed by atoms with Gasteiger partial charge in [0.25, 0.3) is 17.7 Å². The Bertz CT molecular complexity index is 796. The Labute approximate surface area is 157 Å². The van der Waals surface area contributed by atoms with Gasteiger partial charge >= 0.3 is 0 Å². The van der Waals surface area contributed by atoms with E-state index in [0.717, 1.165) is 4.90 Å². The SMILES string of the molecule is CNC(=O)C(C(=O)NO)N(C)C(=O)c1ccc(C#CC#CC(C)CO)cc1. The third-order valence-corrected chi connectivity index (χ3v) is 3.55. The highest BCUT2D eigenvalue weighted by Crippen LogP contribution is 2.09. The number of hydrogen-bond acceptors (Lipinski definition) is 5. The topological polar surface area (TPSA) is 119 Å². The molecule has 2 atom stereocenters. The van der Waals surface area contributed by atoms with E-state index in [1.165, 1.54) is 31.7 Å². The summed E-state index contributed by atoms with van der Waals surface area (Å²) >= 11 is 0. The van der Waals surface area contributed by atoms with Crippen LogP contribution >= 0.6 is 0 Å². The fourth-order valence-corrected chi connectivity index (χ4v) is 1.99. The second-order valence-corrected chi connectivity index (χ2v) is 5.59. The van der Waals surface area contributed by atoms with E-state index in [9.17, 15) is 14.4 Å². The van der Waals surface area contributed by atoms with Crippen molar-refractivity contribution in [1.82, 2.24) is 15.7 Å². The van der Waals surface area contributed by atoms with Gasteiger partial charge in [0.2, 0.25) is 0 Å². The third kappa shape index (κ3) is 6.15. The molecule has 27 heavy (non-hydrogen) atoms. The van der Waals surface area contributed by atoms with Crippen molar-refractivity contribution in [3.8, 4) is 23.7 Å². The lowest BCUT2D eigenvalue weighted by atomic mass is 10.1. The van der Waals surface area contributed by atoms with E-state index in [0.29, 0.717) is 5.56 Å². The summed E-state index contributed by atoms with van der Waals surface area (Å²) in [6.45, 7) is 1.74. The maximum absolute atomic E-state index is 12.5. The number of rotatable bonds is 5. The number of amides is 3. The van der Waals surface area contributed by atoms with Crippen LogP contribution in [-0.2, 0) is 9.59 Å². The van der Waals surface area contributed by atoms with Crippen LogP contribution in [0.5, 0.6) is 0 Å². The smallest absolute Gasteiger partial charge is 0.275 e. The van der Waals surface area contributed by atoms with Gasteiger partial charge in [-0.3, -0.25) is 19.6 Å². The average molecular weight is 371 g/mol. The fraction of sp³-hybridized carbons (Fsp3) is 0.316. The van der Waals surface area contributed by atoms with Crippen molar-refractivity contribution in [2.75, 3.05) is 20.7 Å². The Morgan fingerprint density at radius 3 is 2.30 bits per heavy atom. The van der Waals surface area contributed by atoms with Crippen molar-refractivity contribution in [3.05, 3.63) is 35.4 Å². The summed E-state index contributed by atoms with van der Waals surface area (Å²) in [5.74, 6) is 8.35. The zero-order valence-corrected chi connectivity index (χ0v) is 15.2. The van der Waals surface area contributed by atoms with Crippen molar-refractivity contribution >= 4 is 17.7 Å². The van der Waals surface area contributed by atoms with E-state index >= 15 is 0 Å². The van der Waals surface area contributed by atoms with Gasteiger partial charge in [0.15, 0.2) is 6.04 Å². The Balaban J connectivity index is 2.95. The first-order chi connectivity index (χ1) is 12.8. The summed E-state index contributed by atoms with van der Waals surface area (Å²) in [7, 11) is 2.60. The molecule has 0 bridgehead atoms. The fourth-order valence-electron chi connectivity index (χ4n) is 1.99. The molecule has 1 rings (SSSR count). The normalized spacial score (nSPS) is 11.6. The summed E-state index contributed by atoms with van der Waals surface area (Å²) in [6, 6.07) is 4.70. The molecule has 0 aliphatic rings. The van der Waals surface area contributed by atoms with Crippen LogP contribution in [0.15, 0.2) is 24.3 Å². The van der Waals surface area contributed by atoms with Gasteiger partial charge in [-0.25, -0.2) is 5.48 Å². The average Bonchev–Trinajstić information content (AvgIpc) is 2.70. The number of hydroxylamine groups is 1. The molecule has 0 aliphatic heterocycles. The molecule has 0 aliphatic carbocycles. The minimum absolute atomic E-state index is 0.0373. The number of carbonyl (C=O) groups is 3. The molecule has 0 aromatic heterocycles. The van der Waals surface area contributed by atoms with E-state index in [1.54, 1.807) is 19.1 Å². The van der Waals surface area contributed by atoms with Crippen LogP contribution in [0.1, 0.15) is 22.8 Å². The molecule has 142 valence electrons. The number of likely N-dealkylation sites (N-methyl/N-ethyl adjacent to an activating group) is 2. The third-order valence-electron chi connectivity index (χ3n) is 3.55. The standard InChI is InChI=1S/C19H21N3O5/c1-13(12-23)6-4-5-7-14-8-10-15(11-9-14)19(26)22(3)16(17(24)20-2)18(25)21-27/h8-11,13,16,23,27H,12H2,1-3H3,(H,20,24)(H,21,25). The van der Waals surface area contributed by atoms with Crippen LogP contribution in [0.2, 0.25) is 0 Å². The Morgan fingerprint density at radius 1 is 1.15 bits per heavy atom. The van der Waals surface area contributed by atoms with E-state index < -0.39 is 23.8 Å². The van der Waals surface area contributed by atoms with Gasteiger partial charge in [0.1, 0.15) is 0 Å². The van der Waals surface area contributed by atoms with E-state index in [-0.39, 0.29) is 18.1 Å². The number of nitrogens with zero attached hydrogens (tertiary/aromatic N) is 1. The van der Waals surface area contributed by atoms with Gasteiger partial charge in [-0.05, 0) is 43.0 Å². The van der Waals surface area contributed by atoms with Crippen molar-refractivity contribution in [3.63, 3.8) is 0 Å². The van der Waals surface area contributed by atoms with E-state index in [1.807, 2.05) is 0 Å². The predicted octanol–water partition coefficient (Wildman–Crippen LogP) is -0.638. The second kappa shape index (κ2) is 10.6. The highest BCUT2D eigenvalue weighted by Gasteiger charge is 2.33. The summed E-state index contributed by atoms with van der Waals surface area (Å²) in [4.78, 5) is 37.0. The van der Waals surface area contributed by atoms with E-state index in [4.69, 9.17) is 10.3 Å². The molecule has 8 heteroatoms. The summed E-state index contributed by atoms with van der Waals surface area (Å²) in [5, 5.41) is 19.9. The summed E-state index contributed by atoms with van der Waals surface area (Å²) in [5.41, 5.74) is 2.24. The van der Waals surface area contributed by atoms with Gasteiger partial charge in [-0.2, -0.15) is 0 Å². The van der Waals surface area contributed by atoms with Crippen molar-refractivity contribution in [1.29, 1.82) is 0 Å². The zero-order chi connectivity index (χ0) is 20.4. The molecule has 0 fully saturated rings. The molecule has 8 nitrogen and oxygen atoms in total.